The van der Waals surface area contributed by atoms with Crippen LogP contribution in [0.15, 0.2) is 40.0 Å². The fraction of sp³-hybridized carbons (Fsp3) is 0.357. The van der Waals surface area contributed by atoms with Gasteiger partial charge in [-0.2, -0.15) is 30.7 Å². The van der Waals surface area contributed by atoms with E-state index in [1.165, 1.54) is 34.7 Å². The lowest BCUT2D eigenvalue weighted by atomic mass is 10.1. The number of nitrogens with one attached hydrogen (secondary N) is 1. The van der Waals surface area contributed by atoms with Crippen LogP contribution in [0.1, 0.15) is 16.8 Å². The molecule has 2 nitrogen and oxygen atoms in total. The molecular formula is C14H11F7INO. The number of carbonyl (C=O) groups excluding carboxylic acids is 1. The molecule has 1 N–H and O–H groups in total. The molecule has 134 valence electrons. The van der Waals surface area contributed by atoms with E-state index in [4.69, 9.17) is 0 Å². The lowest BCUT2D eigenvalue weighted by Gasteiger charge is -2.26. The Morgan fingerprint density at radius 1 is 1.04 bits per heavy atom. The van der Waals surface area contributed by atoms with Crippen molar-refractivity contribution in [1.82, 2.24) is 5.32 Å². The lowest BCUT2D eigenvalue weighted by Crippen LogP contribution is -2.50. The normalized spacial score (nSPS) is 13.8. The summed E-state index contributed by atoms with van der Waals surface area (Å²) in [5.74, 6) is -12.1. The SMILES string of the molecule is O=C(NCCC(I)=CC(F)(F)C(F)(F)C(F)(F)F)c1ccccc1. The molecule has 0 unspecified atom stereocenters. The van der Waals surface area contributed by atoms with Gasteiger partial charge in [0, 0.05) is 18.2 Å². The second-order valence-corrected chi connectivity index (χ2v) is 6.04. The zero-order valence-corrected chi connectivity index (χ0v) is 14.0. The molecule has 0 aliphatic rings. The Labute approximate surface area is 146 Å². The molecule has 0 bridgehead atoms. The van der Waals surface area contributed by atoms with E-state index < -0.39 is 33.6 Å². The van der Waals surface area contributed by atoms with Crippen LogP contribution >= 0.6 is 22.6 Å². The number of hydrogen-bond donors (Lipinski definition) is 1. The average molecular weight is 469 g/mol. The number of rotatable bonds is 6. The van der Waals surface area contributed by atoms with Crippen LogP contribution in [-0.4, -0.2) is 30.5 Å². The number of allylic oxidation sites excluding steroid dienone is 1. The second-order valence-electron chi connectivity index (χ2n) is 4.66. The quantitative estimate of drug-likeness (QED) is 0.464. The third-order valence-electron chi connectivity index (χ3n) is 2.80. The maximum atomic E-state index is 13.2. The number of carbonyl (C=O) groups is 1. The Hall–Kier alpha value is -1.33. The summed E-state index contributed by atoms with van der Waals surface area (Å²) in [6.45, 7) is -0.198. The minimum Gasteiger partial charge on any atom is -0.352 e. The highest BCUT2D eigenvalue weighted by atomic mass is 127. The summed E-state index contributed by atoms with van der Waals surface area (Å²) >= 11 is 1.23. The molecule has 0 saturated heterocycles. The van der Waals surface area contributed by atoms with E-state index in [1.54, 1.807) is 18.2 Å². The van der Waals surface area contributed by atoms with Gasteiger partial charge in [-0.05, 0) is 44.7 Å². The van der Waals surface area contributed by atoms with Gasteiger partial charge in [-0.25, -0.2) is 0 Å². The van der Waals surface area contributed by atoms with Crippen LogP contribution in [0, 0.1) is 0 Å². The number of benzene rings is 1. The molecule has 1 aromatic rings. The fourth-order valence-electron chi connectivity index (χ4n) is 1.54. The van der Waals surface area contributed by atoms with Gasteiger partial charge >= 0.3 is 18.0 Å². The first-order valence-corrected chi connectivity index (χ1v) is 7.49. The van der Waals surface area contributed by atoms with Crippen molar-refractivity contribution in [1.29, 1.82) is 0 Å². The van der Waals surface area contributed by atoms with Gasteiger partial charge in [0.25, 0.3) is 5.91 Å². The second kappa shape index (κ2) is 7.70. The molecule has 1 aromatic carbocycles. The smallest absolute Gasteiger partial charge is 0.352 e. The minimum absolute atomic E-state index is 0.198. The van der Waals surface area contributed by atoms with E-state index >= 15 is 0 Å². The molecule has 0 saturated carbocycles. The van der Waals surface area contributed by atoms with Gasteiger partial charge < -0.3 is 5.32 Å². The Morgan fingerprint density at radius 2 is 1.58 bits per heavy atom. The molecule has 24 heavy (non-hydrogen) atoms. The molecule has 1 rings (SSSR count). The van der Waals surface area contributed by atoms with Crippen molar-refractivity contribution < 1.29 is 35.5 Å². The van der Waals surface area contributed by atoms with Crippen LogP contribution in [0.2, 0.25) is 0 Å². The largest absolute Gasteiger partial charge is 0.460 e. The maximum absolute atomic E-state index is 13.2. The molecule has 0 aromatic heterocycles. The molecule has 0 heterocycles. The predicted octanol–water partition coefficient (Wildman–Crippen LogP) is 4.96. The Kier molecular flexibility index (Phi) is 6.65. The Morgan fingerprint density at radius 3 is 2.08 bits per heavy atom. The number of halogens is 8. The van der Waals surface area contributed by atoms with Crippen molar-refractivity contribution in [3.05, 3.63) is 45.6 Å². The first kappa shape index (κ1) is 20.7. The van der Waals surface area contributed by atoms with Crippen LogP contribution < -0.4 is 5.32 Å². The molecule has 0 aliphatic heterocycles. The van der Waals surface area contributed by atoms with E-state index in [9.17, 15) is 35.5 Å². The molecule has 10 heteroatoms. The van der Waals surface area contributed by atoms with E-state index in [0.29, 0.717) is 5.56 Å². The van der Waals surface area contributed by atoms with Gasteiger partial charge in [0.2, 0.25) is 0 Å². The van der Waals surface area contributed by atoms with Crippen LogP contribution in [0.3, 0.4) is 0 Å². The summed E-state index contributed by atoms with van der Waals surface area (Å²) in [5.41, 5.74) is 0.297. The summed E-state index contributed by atoms with van der Waals surface area (Å²) in [7, 11) is 0. The summed E-state index contributed by atoms with van der Waals surface area (Å²) < 4.78 is 87.4. The van der Waals surface area contributed by atoms with E-state index in [-0.39, 0.29) is 13.0 Å². The van der Waals surface area contributed by atoms with Crippen molar-refractivity contribution in [3.8, 4) is 0 Å². The first-order valence-electron chi connectivity index (χ1n) is 6.41. The van der Waals surface area contributed by atoms with Gasteiger partial charge in [-0.15, -0.1) is 0 Å². The topological polar surface area (TPSA) is 29.1 Å². The average Bonchev–Trinajstić information content (AvgIpc) is 2.46. The van der Waals surface area contributed by atoms with Gasteiger partial charge in [-0.3, -0.25) is 4.79 Å². The summed E-state index contributed by atoms with van der Waals surface area (Å²) in [6.07, 6.45) is -7.12. The van der Waals surface area contributed by atoms with Gasteiger partial charge in [0.15, 0.2) is 0 Å². The molecular weight excluding hydrogens is 458 g/mol. The van der Waals surface area contributed by atoms with E-state index in [2.05, 4.69) is 5.32 Å². The van der Waals surface area contributed by atoms with E-state index in [0.717, 1.165) is 0 Å². The highest BCUT2D eigenvalue weighted by Crippen LogP contribution is 2.47. The zero-order chi connectivity index (χ0) is 18.6. The Bertz CT molecular complexity index is 599. The number of hydrogen-bond acceptors (Lipinski definition) is 1. The molecule has 0 spiro atoms. The molecule has 0 atom stereocenters. The van der Waals surface area contributed by atoms with Crippen molar-refractivity contribution in [2.24, 2.45) is 0 Å². The molecule has 0 aliphatic carbocycles. The lowest BCUT2D eigenvalue weighted by molar-refractivity contribution is -0.341. The van der Waals surface area contributed by atoms with E-state index in [1.807, 2.05) is 0 Å². The summed E-state index contributed by atoms with van der Waals surface area (Å²) in [5, 5.41) is 2.35. The monoisotopic (exact) mass is 469 g/mol. The highest BCUT2D eigenvalue weighted by Gasteiger charge is 2.72. The standard InChI is InChI=1S/C14H11F7INO/c15-12(16,13(17,18)14(19,20)21)8-10(22)6-7-23-11(24)9-4-2-1-3-5-9/h1-5,8H,6-7H2,(H,23,24). The van der Waals surface area contributed by atoms with Crippen LogP contribution in [0.5, 0.6) is 0 Å². The van der Waals surface area contributed by atoms with Gasteiger partial charge in [0.05, 0.1) is 0 Å². The molecule has 0 fully saturated rings. The first-order chi connectivity index (χ1) is 10.9. The summed E-state index contributed by atoms with van der Waals surface area (Å²) in [6, 6.07) is 7.85. The third-order valence-corrected chi connectivity index (χ3v) is 3.65. The number of amides is 1. The van der Waals surface area contributed by atoms with Crippen molar-refractivity contribution in [3.63, 3.8) is 0 Å². The maximum Gasteiger partial charge on any atom is 0.460 e. The summed E-state index contributed by atoms with van der Waals surface area (Å²) in [4.78, 5) is 11.7. The van der Waals surface area contributed by atoms with Gasteiger partial charge in [-0.1, -0.05) is 18.2 Å². The zero-order valence-electron chi connectivity index (χ0n) is 11.8. The predicted molar refractivity (Wildman–Crippen MR) is 81.4 cm³/mol. The fourth-order valence-corrected chi connectivity index (χ4v) is 2.20. The van der Waals surface area contributed by atoms with Crippen LogP contribution in [0.4, 0.5) is 30.7 Å². The molecule has 0 radical (unpaired) electrons. The third kappa shape index (κ3) is 5.08. The van der Waals surface area contributed by atoms with Crippen molar-refractivity contribution >= 4 is 28.5 Å². The highest BCUT2D eigenvalue weighted by molar-refractivity contribution is 14.1. The van der Waals surface area contributed by atoms with Gasteiger partial charge in [0.1, 0.15) is 0 Å². The van der Waals surface area contributed by atoms with Crippen molar-refractivity contribution in [2.75, 3.05) is 6.54 Å². The van der Waals surface area contributed by atoms with Crippen LogP contribution in [-0.2, 0) is 0 Å². The van der Waals surface area contributed by atoms with Crippen LogP contribution in [0.25, 0.3) is 0 Å². The number of alkyl halides is 7. The minimum atomic E-state index is -6.37. The Balaban J connectivity index is 2.66. The van der Waals surface area contributed by atoms with Crippen molar-refractivity contribution in [2.45, 2.75) is 24.4 Å². The molecule has 1 amide bonds.